The van der Waals surface area contributed by atoms with Gasteiger partial charge in [-0.1, -0.05) is 53.5 Å². The minimum atomic E-state index is 0.130. The molecule has 1 heterocycles. The monoisotopic (exact) mass is 431 g/mol. The maximum atomic E-state index is 9.60. The first kappa shape index (κ1) is 19.8. The van der Waals surface area contributed by atoms with Gasteiger partial charge in [0, 0.05) is 16.7 Å². The number of nitrogens with two attached hydrogens (primary N) is 1. The van der Waals surface area contributed by atoms with Gasteiger partial charge in [-0.25, -0.2) is 4.98 Å². The molecule has 1 aromatic heterocycles. The van der Waals surface area contributed by atoms with Crippen LogP contribution in [0.2, 0.25) is 10.0 Å². The lowest BCUT2D eigenvalue weighted by Crippen LogP contribution is -2.00. The Balaban J connectivity index is 1.74. The smallest absolute Gasteiger partial charge is 0.142 e. The van der Waals surface area contributed by atoms with Crippen molar-refractivity contribution in [3.05, 3.63) is 94.5 Å². The number of hydrogen-bond acceptors (Lipinski definition) is 4. The molecule has 0 spiro atoms. The van der Waals surface area contributed by atoms with E-state index in [2.05, 4.69) is 11.1 Å². The Kier molecular flexibility index (Phi) is 5.58. The van der Waals surface area contributed by atoms with Gasteiger partial charge in [0.2, 0.25) is 0 Å². The fourth-order valence-corrected chi connectivity index (χ4v) is 3.48. The van der Waals surface area contributed by atoms with Crippen molar-refractivity contribution in [2.75, 3.05) is 5.73 Å². The van der Waals surface area contributed by atoms with Crippen LogP contribution in [0.25, 0.3) is 22.4 Å². The molecular weight excluding hydrogens is 417 g/mol. The van der Waals surface area contributed by atoms with E-state index in [1.165, 1.54) is 0 Å². The van der Waals surface area contributed by atoms with Crippen LogP contribution in [-0.4, -0.2) is 4.98 Å². The van der Waals surface area contributed by atoms with Gasteiger partial charge in [0.25, 0.3) is 0 Å². The standard InChI is InChI=1S/C24H15Cl2N3O/c25-21-8-4-7-18(23(21)26)19-13-22(29-24(28)20(19)14-27)15-9-11-17(12-10-15)30-16-5-2-1-3-6-16/h1-13H,(H2,28,29). The summed E-state index contributed by atoms with van der Waals surface area (Å²) in [5.41, 5.74) is 9.00. The van der Waals surface area contributed by atoms with Crippen LogP contribution in [0.4, 0.5) is 5.82 Å². The zero-order valence-electron chi connectivity index (χ0n) is 15.6. The van der Waals surface area contributed by atoms with E-state index in [9.17, 15) is 5.26 Å². The molecule has 0 aliphatic rings. The molecule has 4 rings (SSSR count). The van der Waals surface area contributed by atoms with Gasteiger partial charge >= 0.3 is 0 Å². The summed E-state index contributed by atoms with van der Waals surface area (Å²) >= 11 is 12.6. The van der Waals surface area contributed by atoms with Crippen LogP contribution in [0.1, 0.15) is 5.56 Å². The summed E-state index contributed by atoms with van der Waals surface area (Å²) in [6, 6.07) is 26.2. The van der Waals surface area contributed by atoms with E-state index in [0.29, 0.717) is 32.6 Å². The minimum Gasteiger partial charge on any atom is -0.457 e. The molecule has 0 saturated carbocycles. The lowest BCUT2D eigenvalue weighted by Gasteiger charge is -2.12. The van der Waals surface area contributed by atoms with E-state index < -0.39 is 0 Å². The normalized spacial score (nSPS) is 10.4. The molecule has 0 fully saturated rings. The Bertz CT molecular complexity index is 1250. The zero-order chi connectivity index (χ0) is 21.1. The topological polar surface area (TPSA) is 71.9 Å². The van der Waals surface area contributed by atoms with E-state index in [0.717, 1.165) is 11.3 Å². The maximum absolute atomic E-state index is 9.60. The first-order chi connectivity index (χ1) is 14.6. The summed E-state index contributed by atoms with van der Waals surface area (Å²) in [7, 11) is 0. The van der Waals surface area contributed by atoms with E-state index in [1.54, 1.807) is 24.3 Å². The van der Waals surface area contributed by atoms with Crippen molar-refractivity contribution in [2.45, 2.75) is 0 Å². The van der Waals surface area contributed by atoms with Gasteiger partial charge in [-0.15, -0.1) is 0 Å². The Morgan fingerprint density at radius 2 is 1.53 bits per heavy atom. The number of benzene rings is 3. The minimum absolute atomic E-state index is 0.130. The molecule has 3 aromatic carbocycles. The Morgan fingerprint density at radius 1 is 0.833 bits per heavy atom. The molecule has 0 radical (unpaired) electrons. The largest absolute Gasteiger partial charge is 0.457 e. The number of anilines is 1. The van der Waals surface area contributed by atoms with Crippen molar-refractivity contribution in [3.8, 4) is 40.0 Å². The number of para-hydroxylation sites is 1. The van der Waals surface area contributed by atoms with E-state index in [4.69, 9.17) is 33.7 Å². The van der Waals surface area contributed by atoms with Gasteiger partial charge < -0.3 is 10.5 Å². The molecular formula is C24H15Cl2N3O. The SMILES string of the molecule is N#Cc1c(-c2cccc(Cl)c2Cl)cc(-c2ccc(Oc3ccccc3)cc2)nc1N. The molecule has 0 aliphatic carbocycles. The van der Waals surface area contributed by atoms with Crippen molar-refractivity contribution in [1.82, 2.24) is 4.98 Å². The van der Waals surface area contributed by atoms with Crippen LogP contribution in [0.5, 0.6) is 11.5 Å². The number of halogens is 2. The lowest BCUT2D eigenvalue weighted by atomic mass is 9.98. The average molecular weight is 432 g/mol. The average Bonchev–Trinajstić information content (AvgIpc) is 2.76. The number of ether oxygens (including phenoxy) is 1. The van der Waals surface area contributed by atoms with Crippen molar-refractivity contribution >= 4 is 29.0 Å². The molecule has 0 saturated heterocycles. The van der Waals surface area contributed by atoms with E-state index in [-0.39, 0.29) is 11.4 Å². The fourth-order valence-electron chi connectivity index (χ4n) is 3.07. The molecule has 4 nitrogen and oxygen atoms in total. The maximum Gasteiger partial charge on any atom is 0.142 e. The Morgan fingerprint density at radius 3 is 2.23 bits per heavy atom. The second-order valence-corrected chi connectivity index (χ2v) is 7.25. The Hall–Kier alpha value is -3.52. The van der Waals surface area contributed by atoms with Crippen molar-refractivity contribution in [2.24, 2.45) is 0 Å². The molecule has 0 unspecified atom stereocenters. The van der Waals surface area contributed by atoms with Gasteiger partial charge in [0.15, 0.2) is 0 Å². The number of rotatable bonds is 4. The van der Waals surface area contributed by atoms with E-state index >= 15 is 0 Å². The molecule has 0 atom stereocenters. The molecule has 0 aliphatic heterocycles. The van der Waals surface area contributed by atoms with Crippen LogP contribution in [0.3, 0.4) is 0 Å². The third kappa shape index (κ3) is 3.95. The molecule has 4 aromatic rings. The highest BCUT2D eigenvalue weighted by Crippen LogP contribution is 2.38. The van der Waals surface area contributed by atoms with Crippen molar-refractivity contribution < 1.29 is 4.74 Å². The molecule has 0 bridgehead atoms. The number of aromatic nitrogens is 1. The summed E-state index contributed by atoms with van der Waals surface area (Å²) in [5.74, 6) is 1.58. The number of nitrogen functional groups attached to an aromatic ring is 1. The predicted octanol–water partition coefficient (Wildman–Crippen LogP) is 6.97. The summed E-state index contributed by atoms with van der Waals surface area (Å²) in [5, 5.41) is 10.4. The van der Waals surface area contributed by atoms with Gasteiger partial charge in [0.05, 0.1) is 15.7 Å². The second-order valence-electron chi connectivity index (χ2n) is 6.47. The van der Waals surface area contributed by atoms with E-state index in [1.807, 2.05) is 54.6 Å². The molecule has 6 heteroatoms. The van der Waals surface area contributed by atoms with Crippen LogP contribution in [-0.2, 0) is 0 Å². The summed E-state index contributed by atoms with van der Waals surface area (Å²) < 4.78 is 5.83. The highest BCUT2D eigenvalue weighted by molar-refractivity contribution is 6.43. The number of pyridine rings is 1. The molecule has 2 N–H and O–H groups in total. The van der Waals surface area contributed by atoms with Crippen LogP contribution in [0.15, 0.2) is 78.9 Å². The number of hydrogen-bond donors (Lipinski definition) is 1. The van der Waals surface area contributed by atoms with Gasteiger partial charge in [0.1, 0.15) is 28.9 Å². The third-order valence-corrected chi connectivity index (χ3v) is 5.35. The summed E-state index contributed by atoms with van der Waals surface area (Å²) in [4.78, 5) is 4.40. The second kappa shape index (κ2) is 8.46. The van der Waals surface area contributed by atoms with Gasteiger partial charge in [-0.3, -0.25) is 0 Å². The third-order valence-electron chi connectivity index (χ3n) is 4.53. The van der Waals surface area contributed by atoms with Crippen LogP contribution >= 0.6 is 23.2 Å². The number of nitriles is 1. The first-order valence-corrected chi connectivity index (χ1v) is 9.81. The summed E-state index contributed by atoms with van der Waals surface area (Å²) in [6.45, 7) is 0. The quantitative estimate of drug-likeness (QED) is 0.378. The Labute approximate surface area is 184 Å². The number of nitrogens with zero attached hydrogens (tertiary/aromatic N) is 2. The van der Waals surface area contributed by atoms with Crippen LogP contribution in [0, 0.1) is 11.3 Å². The highest BCUT2D eigenvalue weighted by Gasteiger charge is 2.16. The first-order valence-electron chi connectivity index (χ1n) is 9.05. The fraction of sp³-hybridized carbons (Fsp3) is 0. The molecule has 0 amide bonds. The lowest BCUT2D eigenvalue weighted by molar-refractivity contribution is 0.483. The van der Waals surface area contributed by atoms with Crippen LogP contribution < -0.4 is 10.5 Å². The highest BCUT2D eigenvalue weighted by atomic mass is 35.5. The van der Waals surface area contributed by atoms with Crippen molar-refractivity contribution in [1.29, 1.82) is 5.26 Å². The molecule has 146 valence electrons. The van der Waals surface area contributed by atoms with Gasteiger partial charge in [-0.05, 0) is 48.5 Å². The molecule has 30 heavy (non-hydrogen) atoms. The summed E-state index contributed by atoms with van der Waals surface area (Å²) in [6.07, 6.45) is 0. The van der Waals surface area contributed by atoms with Gasteiger partial charge in [-0.2, -0.15) is 5.26 Å². The zero-order valence-corrected chi connectivity index (χ0v) is 17.2. The van der Waals surface area contributed by atoms with Crippen molar-refractivity contribution in [3.63, 3.8) is 0 Å². The predicted molar refractivity (Wildman–Crippen MR) is 121 cm³/mol.